The number of hydrogen-bond donors (Lipinski definition) is 1. The van der Waals surface area contributed by atoms with Crippen LogP contribution in [0.25, 0.3) is 0 Å². The SMILES string of the molecule is CC(NCCCn1ccnn1)c1ccc(Cl)cc1Cl. The lowest BCUT2D eigenvalue weighted by Gasteiger charge is -2.15. The van der Waals surface area contributed by atoms with Crippen molar-refractivity contribution in [3.63, 3.8) is 0 Å². The van der Waals surface area contributed by atoms with E-state index in [9.17, 15) is 0 Å². The maximum atomic E-state index is 6.17. The molecule has 2 aromatic rings. The van der Waals surface area contributed by atoms with Gasteiger partial charge in [0.25, 0.3) is 0 Å². The second kappa shape index (κ2) is 6.89. The van der Waals surface area contributed by atoms with Crippen LogP contribution >= 0.6 is 23.2 Å². The van der Waals surface area contributed by atoms with Crippen molar-refractivity contribution < 1.29 is 0 Å². The summed E-state index contributed by atoms with van der Waals surface area (Å²) in [6.07, 6.45) is 4.53. The van der Waals surface area contributed by atoms with Gasteiger partial charge in [0.2, 0.25) is 0 Å². The number of nitrogens with zero attached hydrogens (tertiary/aromatic N) is 3. The lowest BCUT2D eigenvalue weighted by molar-refractivity contribution is 0.499. The molecule has 0 aliphatic heterocycles. The molecule has 2 rings (SSSR count). The van der Waals surface area contributed by atoms with E-state index in [1.807, 2.05) is 23.0 Å². The molecule has 0 bridgehead atoms. The summed E-state index contributed by atoms with van der Waals surface area (Å²) in [6.45, 7) is 3.83. The van der Waals surface area contributed by atoms with E-state index >= 15 is 0 Å². The highest BCUT2D eigenvalue weighted by Crippen LogP contribution is 2.25. The first-order valence-corrected chi connectivity index (χ1v) is 6.95. The Morgan fingerprint density at radius 1 is 1.37 bits per heavy atom. The first kappa shape index (κ1) is 14.3. The highest BCUT2D eigenvalue weighted by molar-refractivity contribution is 6.35. The van der Waals surface area contributed by atoms with Gasteiger partial charge in [-0.25, -0.2) is 0 Å². The number of halogens is 2. The third kappa shape index (κ3) is 4.20. The minimum Gasteiger partial charge on any atom is -0.310 e. The summed E-state index contributed by atoms with van der Waals surface area (Å²) in [7, 11) is 0. The molecule has 19 heavy (non-hydrogen) atoms. The third-order valence-corrected chi connectivity index (χ3v) is 3.48. The van der Waals surface area contributed by atoms with Gasteiger partial charge in [-0.1, -0.05) is 34.5 Å². The van der Waals surface area contributed by atoms with Crippen molar-refractivity contribution in [1.82, 2.24) is 20.3 Å². The molecule has 6 heteroatoms. The lowest BCUT2D eigenvalue weighted by atomic mass is 10.1. The minimum atomic E-state index is 0.195. The Bertz CT molecular complexity index is 513. The normalized spacial score (nSPS) is 12.6. The van der Waals surface area contributed by atoms with E-state index in [1.165, 1.54) is 0 Å². The van der Waals surface area contributed by atoms with Gasteiger partial charge < -0.3 is 5.32 Å². The van der Waals surface area contributed by atoms with E-state index < -0.39 is 0 Å². The van der Waals surface area contributed by atoms with Gasteiger partial charge in [0.1, 0.15) is 0 Å². The number of aryl methyl sites for hydroxylation is 1. The molecule has 1 unspecified atom stereocenters. The molecule has 0 amide bonds. The average molecular weight is 299 g/mol. The fourth-order valence-corrected chi connectivity index (χ4v) is 2.45. The highest BCUT2D eigenvalue weighted by atomic mass is 35.5. The Hall–Kier alpha value is -1.10. The molecule has 102 valence electrons. The van der Waals surface area contributed by atoms with Gasteiger partial charge in [0.05, 0.1) is 6.20 Å². The lowest BCUT2D eigenvalue weighted by Crippen LogP contribution is -2.21. The molecule has 1 atom stereocenters. The summed E-state index contributed by atoms with van der Waals surface area (Å²) in [5.74, 6) is 0. The minimum absolute atomic E-state index is 0.195. The molecule has 0 aliphatic carbocycles. The average Bonchev–Trinajstić information content (AvgIpc) is 2.87. The summed E-state index contributed by atoms with van der Waals surface area (Å²) >= 11 is 12.1. The molecule has 1 aromatic heterocycles. The predicted octanol–water partition coefficient (Wildman–Crippen LogP) is 3.33. The Labute approximate surface area is 122 Å². The van der Waals surface area contributed by atoms with Crippen molar-refractivity contribution in [3.05, 3.63) is 46.2 Å². The van der Waals surface area contributed by atoms with E-state index in [2.05, 4.69) is 22.6 Å². The van der Waals surface area contributed by atoms with Crippen LogP contribution in [0.4, 0.5) is 0 Å². The van der Waals surface area contributed by atoms with Crippen molar-refractivity contribution in [3.8, 4) is 0 Å². The first-order chi connectivity index (χ1) is 9.16. The summed E-state index contributed by atoms with van der Waals surface area (Å²) in [5.41, 5.74) is 1.06. The quantitative estimate of drug-likeness (QED) is 0.832. The second-order valence-corrected chi connectivity index (χ2v) is 5.20. The summed E-state index contributed by atoms with van der Waals surface area (Å²) in [5, 5.41) is 12.5. The smallest absolute Gasteiger partial charge is 0.0692 e. The fraction of sp³-hybridized carbons (Fsp3) is 0.385. The molecule has 0 saturated heterocycles. The molecule has 1 heterocycles. The van der Waals surface area contributed by atoms with Gasteiger partial charge in [-0.15, -0.1) is 5.10 Å². The molecular formula is C13H16Cl2N4. The van der Waals surface area contributed by atoms with Crippen LogP contribution in [0.3, 0.4) is 0 Å². The summed E-state index contributed by atoms with van der Waals surface area (Å²) < 4.78 is 1.82. The standard InChI is InChI=1S/C13H16Cl2N4/c1-10(12-4-3-11(14)9-13(12)15)16-5-2-7-19-8-6-17-18-19/h3-4,6,8-10,16H,2,5,7H2,1H3. The van der Waals surface area contributed by atoms with E-state index in [-0.39, 0.29) is 6.04 Å². The van der Waals surface area contributed by atoms with Gasteiger partial charge in [0.15, 0.2) is 0 Å². The molecule has 1 aromatic carbocycles. The molecule has 1 N–H and O–H groups in total. The summed E-state index contributed by atoms with van der Waals surface area (Å²) in [6, 6.07) is 5.78. The van der Waals surface area contributed by atoms with Crippen LogP contribution in [0.2, 0.25) is 10.0 Å². The zero-order valence-corrected chi connectivity index (χ0v) is 12.2. The van der Waals surface area contributed by atoms with Crippen LogP contribution in [-0.2, 0) is 6.54 Å². The molecule has 0 radical (unpaired) electrons. The van der Waals surface area contributed by atoms with E-state index in [1.54, 1.807) is 12.3 Å². The van der Waals surface area contributed by atoms with Gasteiger partial charge in [-0.05, 0) is 37.6 Å². The molecule has 4 nitrogen and oxygen atoms in total. The number of benzene rings is 1. The van der Waals surface area contributed by atoms with Crippen molar-refractivity contribution in [1.29, 1.82) is 0 Å². The van der Waals surface area contributed by atoms with E-state index in [0.29, 0.717) is 10.0 Å². The first-order valence-electron chi connectivity index (χ1n) is 6.19. The number of aromatic nitrogens is 3. The highest BCUT2D eigenvalue weighted by Gasteiger charge is 2.09. The van der Waals surface area contributed by atoms with E-state index in [4.69, 9.17) is 23.2 Å². The largest absolute Gasteiger partial charge is 0.310 e. The summed E-state index contributed by atoms with van der Waals surface area (Å²) in [4.78, 5) is 0. The van der Waals surface area contributed by atoms with Crippen molar-refractivity contribution in [2.45, 2.75) is 25.9 Å². The third-order valence-electron chi connectivity index (χ3n) is 2.92. The van der Waals surface area contributed by atoms with Crippen molar-refractivity contribution in [2.24, 2.45) is 0 Å². The van der Waals surface area contributed by atoms with Gasteiger partial charge in [-0.3, -0.25) is 4.68 Å². The Kier molecular flexibility index (Phi) is 5.19. The van der Waals surface area contributed by atoms with Crippen LogP contribution in [0.15, 0.2) is 30.6 Å². The molecule has 0 saturated carbocycles. The van der Waals surface area contributed by atoms with Crippen LogP contribution < -0.4 is 5.32 Å². The molecule has 0 fully saturated rings. The topological polar surface area (TPSA) is 42.7 Å². The number of nitrogens with one attached hydrogen (secondary N) is 1. The number of hydrogen-bond acceptors (Lipinski definition) is 3. The Balaban J connectivity index is 1.79. The maximum absolute atomic E-state index is 6.17. The van der Waals surface area contributed by atoms with Crippen LogP contribution in [-0.4, -0.2) is 21.5 Å². The van der Waals surface area contributed by atoms with Gasteiger partial charge in [0, 0.05) is 28.8 Å². The van der Waals surface area contributed by atoms with Gasteiger partial charge in [-0.2, -0.15) is 0 Å². The monoisotopic (exact) mass is 298 g/mol. The second-order valence-electron chi connectivity index (χ2n) is 4.36. The maximum Gasteiger partial charge on any atom is 0.0692 e. The van der Waals surface area contributed by atoms with Gasteiger partial charge >= 0.3 is 0 Å². The van der Waals surface area contributed by atoms with E-state index in [0.717, 1.165) is 25.1 Å². The Morgan fingerprint density at radius 3 is 2.89 bits per heavy atom. The Morgan fingerprint density at radius 2 is 2.21 bits per heavy atom. The van der Waals surface area contributed by atoms with Crippen molar-refractivity contribution >= 4 is 23.2 Å². The van der Waals surface area contributed by atoms with Crippen LogP contribution in [0, 0.1) is 0 Å². The molecule has 0 aliphatic rings. The fourth-order valence-electron chi connectivity index (χ4n) is 1.87. The van der Waals surface area contributed by atoms with Crippen LogP contribution in [0.5, 0.6) is 0 Å². The van der Waals surface area contributed by atoms with Crippen molar-refractivity contribution in [2.75, 3.05) is 6.54 Å². The number of rotatable bonds is 6. The van der Waals surface area contributed by atoms with Crippen LogP contribution in [0.1, 0.15) is 24.9 Å². The predicted molar refractivity (Wildman–Crippen MR) is 77.5 cm³/mol. The molecule has 0 spiro atoms. The zero-order valence-electron chi connectivity index (χ0n) is 10.7. The molecular weight excluding hydrogens is 283 g/mol. The zero-order chi connectivity index (χ0) is 13.7.